The summed E-state index contributed by atoms with van der Waals surface area (Å²) < 4.78 is 0. The molecule has 0 aliphatic carbocycles. The molecule has 1 aliphatic heterocycles. The zero-order chi connectivity index (χ0) is 14.5. The number of halogens is 2. The number of hydrogen-bond acceptors (Lipinski definition) is 2. The summed E-state index contributed by atoms with van der Waals surface area (Å²) in [5.74, 6) is 0.368. The van der Waals surface area contributed by atoms with Gasteiger partial charge in [-0.1, -0.05) is 11.6 Å². The molecular weight excluding hydrogens is 299 g/mol. The highest BCUT2D eigenvalue weighted by Crippen LogP contribution is 2.13. The van der Waals surface area contributed by atoms with Crippen molar-refractivity contribution in [3.05, 3.63) is 34.9 Å². The maximum absolute atomic E-state index is 12.3. The minimum absolute atomic E-state index is 0.0221. The molecule has 1 heterocycles. The third-order valence-corrected chi connectivity index (χ3v) is 3.76. The highest BCUT2D eigenvalue weighted by molar-refractivity contribution is 6.30. The number of benzene rings is 1. The first-order chi connectivity index (χ1) is 9.61. The second kappa shape index (κ2) is 6.95. The van der Waals surface area contributed by atoms with E-state index in [1.165, 1.54) is 0 Å². The number of alkyl halides is 1. The van der Waals surface area contributed by atoms with Gasteiger partial charge < -0.3 is 9.80 Å². The Bertz CT molecular complexity index is 482. The number of rotatable bonds is 3. The summed E-state index contributed by atoms with van der Waals surface area (Å²) in [6, 6.07) is 6.84. The molecule has 2 rings (SSSR count). The standard InChI is InChI=1S/C14H16Cl2N2O2/c15-6-5-13(19)17-7-9-18(10-8-17)14(20)11-1-3-12(16)4-2-11/h1-4H,5-10H2. The van der Waals surface area contributed by atoms with Gasteiger partial charge in [0.15, 0.2) is 0 Å². The van der Waals surface area contributed by atoms with E-state index in [2.05, 4.69) is 0 Å². The van der Waals surface area contributed by atoms with Crippen LogP contribution in [0.5, 0.6) is 0 Å². The number of amides is 2. The molecule has 1 aliphatic rings. The summed E-state index contributed by atoms with van der Waals surface area (Å²) in [6.45, 7) is 2.23. The lowest BCUT2D eigenvalue weighted by Crippen LogP contribution is -2.50. The smallest absolute Gasteiger partial charge is 0.253 e. The Labute approximate surface area is 128 Å². The molecule has 0 radical (unpaired) electrons. The van der Waals surface area contributed by atoms with Crippen molar-refractivity contribution in [3.63, 3.8) is 0 Å². The van der Waals surface area contributed by atoms with Crippen LogP contribution < -0.4 is 0 Å². The van der Waals surface area contributed by atoms with E-state index in [-0.39, 0.29) is 11.8 Å². The lowest BCUT2D eigenvalue weighted by Gasteiger charge is -2.34. The second-order valence-corrected chi connectivity index (χ2v) is 5.43. The quantitative estimate of drug-likeness (QED) is 0.803. The topological polar surface area (TPSA) is 40.6 Å². The van der Waals surface area contributed by atoms with Gasteiger partial charge in [-0.05, 0) is 24.3 Å². The lowest BCUT2D eigenvalue weighted by atomic mass is 10.2. The molecule has 6 heteroatoms. The maximum Gasteiger partial charge on any atom is 0.253 e. The summed E-state index contributed by atoms with van der Waals surface area (Å²) >= 11 is 11.4. The zero-order valence-corrected chi connectivity index (χ0v) is 12.5. The van der Waals surface area contributed by atoms with Crippen molar-refractivity contribution in [2.45, 2.75) is 6.42 Å². The first-order valence-electron chi connectivity index (χ1n) is 6.50. The normalized spacial score (nSPS) is 15.3. The minimum atomic E-state index is -0.0221. The van der Waals surface area contributed by atoms with E-state index in [9.17, 15) is 9.59 Å². The van der Waals surface area contributed by atoms with Crippen LogP contribution >= 0.6 is 23.2 Å². The van der Waals surface area contributed by atoms with Crippen LogP contribution in [-0.2, 0) is 4.79 Å². The zero-order valence-electron chi connectivity index (χ0n) is 11.0. The van der Waals surface area contributed by atoms with Crippen LogP contribution in [0.2, 0.25) is 5.02 Å². The van der Waals surface area contributed by atoms with Gasteiger partial charge in [0.05, 0.1) is 0 Å². The average molecular weight is 315 g/mol. The van der Waals surface area contributed by atoms with Crippen molar-refractivity contribution in [1.82, 2.24) is 9.80 Å². The molecule has 1 aromatic rings. The van der Waals surface area contributed by atoms with E-state index in [4.69, 9.17) is 23.2 Å². The van der Waals surface area contributed by atoms with Crippen LogP contribution in [0, 0.1) is 0 Å². The minimum Gasteiger partial charge on any atom is -0.339 e. The van der Waals surface area contributed by atoms with Gasteiger partial charge in [0.25, 0.3) is 5.91 Å². The fourth-order valence-electron chi connectivity index (χ4n) is 2.17. The van der Waals surface area contributed by atoms with Crippen molar-refractivity contribution in [3.8, 4) is 0 Å². The number of hydrogen-bond donors (Lipinski definition) is 0. The van der Waals surface area contributed by atoms with Gasteiger partial charge in [-0.15, -0.1) is 11.6 Å². The molecule has 0 unspecified atom stereocenters. The Balaban J connectivity index is 1.92. The van der Waals surface area contributed by atoms with Gasteiger partial charge in [0, 0.05) is 49.1 Å². The number of carbonyl (C=O) groups is 2. The maximum atomic E-state index is 12.3. The Hall–Kier alpha value is -1.26. The van der Waals surface area contributed by atoms with E-state index in [0.717, 1.165) is 0 Å². The van der Waals surface area contributed by atoms with E-state index in [1.807, 2.05) is 0 Å². The van der Waals surface area contributed by atoms with Crippen molar-refractivity contribution < 1.29 is 9.59 Å². The molecule has 2 amide bonds. The van der Waals surface area contributed by atoms with Gasteiger partial charge in [-0.25, -0.2) is 0 Å². The summed E-state index contributed by atoms with van der Waals surface area (Å²) in [6.07, 6.45) is 0.354. The molecule has 20 heavy (non-hydrogen) atoms. The van der Waals surface area contributed by atoms with E-state index < -0.39 is 0 Å². The third kappa shape index (κ3) is 3.64. The van der Waals surface area contributed by atoms with Crippen LogP contribution in [0.15, 0.2) is 24.3 Å². The van der Waals surface area contributed by atoms with Crippen LogP contribution in [-0.4, -0.2) is 53.7 Å². The number of piperazine rings is 1. The third-order valence-electron chi connectivity index (χ3n) is 3.32. The van der Waals surface area contributed by atoms with Crippen LogP contribution in [0.1, 0.15) is 16.8 Å². The van der Waals surface area contributed by atoms with E-state index >= 15 is 0 Å². The van der Waals surface area contributed by atoms with Gasteiger partial charge in [0.1, 0.15) is 0 Å². The highest BCUT2D eigenvalue weighted by Gasteiger charge is 2.24. The van der Waals surface area contributed by atoms with Gasteiger partial charge in [0.2, 0.25) is 5.91 Å². The first-order valence-corrected chi connectivity index (χ1v) is 7.41. The molecule has 1 fully saturated rings. The van der Waals surface area contributed by atoms with Crippen LogP contribution in [0.4, 0.5) is 0 Å². The van der Waals surface area contributed by atoms with Crippen LogP contribution in [0.25, 0.3) is 0 Å². The molecule has 0 aromatic heterocycles. The van der Waals surface area contributed by atoms with Gasteiger partial charge in [-0.3, -0.25) is 9.59 Å². The molecule has 1 saturated heterocycles. The fraction of sp³-hybridized carbons (Fsp3) is 0.429. The number of nitrogens with zero attached hydrogens (tertiary/aromatic N) is 2. The first kappa shape index (κ1) is 15.1. The highest BCUT2D eigenvalue weighted by atomic mass is 35.5. The van der Waals surface area contributed by atoms with Crippen molar-refractivity contribution in [2.24, 2.45) is 0 Å². The predicted molar refractivity (Wildman–Crippen MR) is 79.3 cm³/mol. The largest absolute Gasteiger partial charge is 0.339 e. The van der Waals surface area contributed by atoms with Crippen molar-refractivity contribution >= 4 is 35.0 Å². The second-order valence-electron chi connectivity index (χ2n) is 4.62. The molecular formula is C14H16Cl2N2O2. The van der Waals surface area contributed by atoms with E-state index in [0.29, 0.717) is 49.1 Å². The van der Waals surface area contributed by atoms with Gasteiger partial charge >= 0.3 is 0 Å². The van der Waals surface area contributed by atoms with Gasteiger partial charge in [-0.2, -0.15) is 0 Å². The monoisotopic (exact) mass is 314 g/mol. The summed E-state index contributed by atoms with van der Waals surface area (Å²) in [5.41, 5.74) is 0.620. The van der Waals surface area contributed by atoms with Crippen molar-refractivity contribution in [1.29, 1.82) is 0 Å². The molecule has 0 saturated carbocycles. The summed E-state index contributed by atoms with van der Waals surface area (Å²) in [4.78, 5) is 27.5. The van der Waals surface area contributed by atoms with Crippen molar-refractivity contribution in [2.75, 3.05) is 32.1 Å². The molecule has 108 valence electrons. The average Bonchev–Trinajstić information content (AvgIpc) is 2.48. The Kier molecular flexibility index (Phi) is 5.26. The fourth-order valence-corrected chi connectivity index (χ4v) is 2.46. The Morgan fingerprint density at radius 3 is 2.10 bits per heavy atom. The molecule has 0 spiro atoms. The summed E-state index contributed by atoms with van der Waals surface area (Å²) in [5, 5.41) is 0.609. The molecule has 0 atom stereocenters. The van der Waals surface area contributed by atoms with E-state index in [1.54, 1.807) is 34.1 Å². The molecule has 4 nitrogen and oxygen atoms in total. The molecule has 1 aromatic carbocycles. The summed E-state index contributed by atoms with van der Waals surface area (Å²) in [7, 11) is 0. The molecule has 0 bridgehead atoms. The van der Waals surface area contributed by atoms with Crippen LogP contribution in [0.3, 0.4) is 0 Å². The lowest BCUT2D eigenvalue weighted by molar-refractivity contribution is -0.132. The SMILES string of the molecule is O=C(CCCl)N1CCN(C(=O)c2ccc(Cl)cc2)CC1. The predicted octanol–water partition coefficient (Wildman–Crippen LogP) is 2.25. The Morgan fingerprint density at radius 1 is 1.00 bits per heavy atom. The number of carbonyl (C=O) groups excluding carboxylic acids is 2. The molecule has 0 N–H and O–H groups in total. The Morgan fingerprint density at radius 2 is 1.55 bits per heavy atom.